The van der Waals surface area contributed by atoms with E-state index in [4.69, 9.17) is 0 Å². The van der Waals surface area contributed by atoms with Crippen LogP contribution in [-0.4, -0.2) is 31.3 Å². The van der Waals surface area contributed by atoms with Crippen molar-refractivity contribution in [1.82, 2.24) is 4.90 Å². The van der Waals surface area contributed by atoms with E-state index in [0.29, 0.717) is 0 Å². The largest absolute Gasteiger partial charge is 0.302 e. The number of fused-ring (bicyclic) bond motifs is 1. The number of rotatable bonds is 4. The average molecular weight is 241 g/mol. The molecule has 0 aliphatic heterocycles. The van der Waals surface area contributed by atoms with Crippen molar-refractivity contribution in [3.8, 4) is 0 Å². The van der Waals surface area contributed by atoms with Gasteiger partial charge in [0.15, 0.2) is 0 Å². The van der Waals surface area contributed by atoms with Crippen molar-refractivity contribution in [2.75, 3.05) is 14.1 Å². The SMILES string of the molecule is CC(c1cccc2ccccc12)C(C=O)N(C)C. The highest BCUT2D eigenvalue weighted by Gasteiger charge is 2.21. The molecule has 2 aromatic carbocycles. The van der Waals surface area contributed by atoms with Crippen LogP contribution in [0, 0.1) is 0 Å². The second-order valence-electron chi connectivity index (χ2n) is 4.95. The normalized spacial score (nSPS) is 14.7. The lowest BCUT2D eigenvalue weighted by molar-refractivity contribution is -0.112. The molecular weight excluding hydrogens is 222 g/mol. The number of carbonyl (C=O) groups excluding carboxylic acids is 1. The monoisotopic (exact) mass is 241 g/mol. The molecule has 0 saturated heterocycles. The second-order valence-corrected chi connectivity index (χ2v) is 4.95. The number of carbonyl (C=O) groups is 1. The topological polar surface area (TPSA) is 20.3 Å². The van der Waals surface area contributed by atoms with Crippen LogP contribution >= 0.6 is 0 Å². The molecule has 2 heteroatoms. The molecule has 2 nitrogen and oxygen atoms in total. The van der Waals surface area contributed by atoms with Crippen LogP contribution in [0.25, 0.3) is 10.8 Å². The van der Waals surface area contributed by atoms with Crippen molar-refractivity contribution >= 4 is 17.1 Å². The molecule has 2 rings (SSSR count). The smallest absolute Gasteiger partial charge is 0.137 e. The molecule has 0 bridgehead atoms. The fourth-order valence-corrected chi connectivity index (χ4v) is 2.52. The fourth-order valence-electron chi connectivity index (χ4n) is 2.52. The summed E-state index contributed by atoms with van der Waals surface area (Å²) in [7, 11) is 3.89. The number of hydrogen-bond acceptors (Lipinski definition) is 2. The fraction of sp³-hybridized carbons (Fsp3) is 0.312. The third kappa shape index (κ3) is 2.29. The van der Waals surface area contributed by atoms with Crippen LogP contribution in [0.5, 0.6) is 0 Å². The van der Waals surface area contributed by atoms with E-state index in [9.17, 15) is 4.79 Å². The molecule has 2 aromatic rings. The molecule has 0 aromatic heterocycles. The van der Waals surface area contributed by atoms with Crippen molar-refractivity contribution in [2.45, 2.75) is 18.9 Å². The van der Waals surface area contributed by atoms with Crippen LogP contribution < -0.4 is 0 Å². The maximum atomic E-state index is 11.3. The quantitative estimate of drug-likeness (QED) is 0.767. The minimum atomic E-state index is -0.0872. The zero-order valence-corrected chi connectivity index (χ0v) is 11.1. The molecule has 0 aliphatic rings. The molecule has 0 spiro atoms. The predicted octanol–water partition coefficient (Wildman–Crippen LogP) is 3.07. The Balaban J connectivity index is 2.50. The van der Waals surface area contributed by atoms with Crippen molar-refractivity contribution in [3.05, 3.63) is 48.0 Å². The molecule has 0 radical (unpaired) electrons. The van der Waals surface area contributed by atoms with Gasteiger partial charge in [0.05, 0.1) is 6.04 Å². The Morgan fingerprint density at radius 1 is 1.06 bits per heavy atom. The summed E-state index contributed by atoms with van der Waals surface area (Å²) in [5, 5.41) is 2.46. The minimum Gasteiger partial charge on any atom is -0.302 e. The number of aldehydes is 1. The maximum Gasteiger partial charge on any atom is 0.137 e. The molecule has 0 fully saturated rings. The molecule has 0 heterocycles. The molecule has 0 saturated carbocycles. The summed E-state index contributed by atoms with van der Waals surface area (Å²) in [4.78, 5) is 13.2. The van der Waals surface area contributed by atoms with Gasteiger partial charge in [-0.25, -0.2) is 0 Å². The third-order valence-electron chi connectivity index (χ3n) is 3.56. The van der Waals surface area contributed by atoms with Gasteiger partial charge < -0.3 is 4.79 Å². The molecule has 2 unspecified atom stereocenters. The van der Waals surface area contributed by atoms with Crippen LogP contribution in [-0.2, 0) is 4.79 Å². The molecule has 94 valence electrons. The Labute approximate surface area is 108 Å². The highest BCUT2D eigenvalue weighted by atomic mass is 16.1. The summed E-state index contributed by atoms with van der Waals surface area (Å²) >= 11 is 0. The van der Waals surface area contributed by atoms with Gasteiger partial charge in [0.1, 0.15) is 6.29 Å². The highest BCUT2D eigenvalue weighted by molar-refractivity contribution is 5.86. The lowest BCUT2D eigenvalue weighted by Crippen LogP contribution is -2.34. The molecule has 0 aliphatic carbocycles. The number of likely N-dealkylation sites (N-methyl/N-ethyl adjacent to an activating group) is 1. The molecule has 0 amide bonds. The Morgan fingerprint density at radius 3 is 2.39 bits per heavy atom. The van der Waals surface area contributed by atoms with Crippen LogP contribution in [0.3, 0.4) is 0 Å². The predicted molar refractivity (Wildman–Crippen MR) is 75.9 cm³/mol. The Morgan fingerprint density at radius 2 is 1.72 bits per heavy atom. The van der Waals surface area contributed by atoms with E-state index in [2.05, 4.69) is 37.3 Å². The summed E-state index contributed by atoms with van der Waals surface area (Å²) in [6.45, 7) is 2.11. The first-order valence-corrected chi connectivity index (χ1v) is 6.24. The van der Waals surface area contributed by atoms with Crippen molar-refractivity contribution in [3.63, 3.8) is 0 Å². The van der Waals surface area contributed by atoms with E-state index < -0.39 is 0 Å². The molecule has 0 N–H and O–H groups in total. The van der Waals surface area contributed by atoms with E-state index in [1.165, 1.54) is 16.3 Å². The molecule has 2 atom stereocenters. The van der Waals surface area contributed by atoms with Gasteiger partial charge in [-0.15, -0.1) is 0 Å². The van der Waals surface area contributed by atoms with Gasteiger partial charge in [0.25, 0.3) is 0 Å². The van der Waals surface area contributed by atoms with Crippen molar-refractivity contribution in [1.29, 1.82) is 0 Å². The maximum absolute atomic E-state index is 11.3. The molecular formula is C16H19NO. The highest BCUT2D eigenvalue weighted by Crippen LogP contribution is 2.28. The lowest BCUT2D eigenvalue weighted by atomic mass is 9.89. The van der Waals surface area contributed by atoms with E-state index in [1.54, 1.807) is 0 Å². The van der Waals surface area contributed by atoms with Gasteiger partial charge in [-0.3, -0.25) is 4.90 Å². The van der Waals surface area contributed by atoms with Crippen molar-refractivity contribution < 1.29 is 4.79 Å². The zero-order valence-electron chi connectivity index (χ0n) is 11.1. The van der Waals surface area contributed by atoms with E-state index in [-0.39, 0.29) is 12.0 Å². The first kappa shape index (κ1) is 12.8. The van der Waals surface area contributed by atoms with Gasteiger partial charge in [0.2, 0.25) is 0 Å². The van der Waals surface area contributed by atoms with E-state index >= 15 is 0 Å². The number of benzene rings is 2. The summed E-state index contributed by atoms with van der Waals surface area (Å²) in [5.74, 6) is 0.184. The zero-order chi connectivity index (χ0) is 13.1. The summed E-state index contributed by atoms with van der Waals surface area (Å²) < 4.78 is 0. The second kappa shape index (κ2) is 5.32. The van der Waals surface area contributed by atoms with Gasteiger partial charge in [-0.2, -0.15) is 0 Å². The third-order valence-corrected chi connectivity index (χ3v) is 3.56. The Kier molecular flexibility index (Phi) is 3.78. The summed E-state index contributed by atoms with van der Waals surface area (Å²) in [5.41, 5.74) is 1.24. The standard InChI is InChI=1S/C16H19NO/c1-12(16(11-18)17(2)3)14-10-6-8-13-7-4-5-9-15(13)14/h4-12,16H,1-3H3. The van der Waals surface area contributed by atoms with E-state index in [1.807, 2.05) is 31.1 Å². The van der Waals surface area contributed by atoms with Crippen LogP contribution in [0.2, 0.25) is 0 Å². The Bertz CT molecular complexity index is 542. The van der Waals surface area contributed by atoms with Crippen LogP contribution in [0.4, 0.5) is 0 Å². The average Bonchev–Trinajstić information content (AvgIpc) is 2.38. The van der Waals surface area contributed by atoms with Crippen LogP contribution in [0.15, 0.2) is 42.5 Å². The van der Waals surface area contributed by atoms with Gasteiger partial charge >= 0.3 is 0 Å². The number of hydrogen-bond donors (Lipinski definition) is 0. The number of nitrogens with zero attached hydrogens (tertiary/aromatic N) is 1. The molecule has 18 heavy (non-hydrogen) atoms. The van der Waals surface area contributed by atoms with Gasteiger partial charge in [-0.1, -0.05) is 49.4 Å². The van der Waals surface area contributed by atoms with Crippen LogP contribution in [0.1, 0.15) is 18.4 Å². The lowest BCUT2D eigenvalue weighted by Gasteiger charge is -2.26. The Hall–Kier alpha value is -1.67. The van der Waals surface area contributed by atoms with Gasteiger partial charge in [0, 0.05) is 5.92 Å². The minimum absolute atomic E-state index is 0.0872. The first-order valence-electron chi connectivity index (χ1n) is 6.24. The van der Waals surface area contributed by atoms with E-state index in [0.717, 1.165) is 6.29 Å². The summed E-state index contributed by atoms with van der Waals surface area (Å²) in [6.07, 6.45) is 1.03. The van der Waals surface area contributed by atoms with Gasteiger partial charge in [-0.05, 0) is 30.4 Å². The first-order chi connectivity index (χ1) is 8.65. The summed E-state index contributed by atoms with van der Waals surface area (Å²) in [6, 6.07) is 14.5. The van der Waals surface area contributed by atoms with Crippen molar-refractivity contribution in [2.24, 2.45) is 0 Å².